The summed E-state index contributed by atoms with van der Waals surface area (Å²) < 4.78 is 0. The average molecular weight is 298 g/mol. The minimum atomic E-state index is 0.176. The van der Waals surface area contributed by atoms with Crippen molar-refractivity contribution in [3.05, 3.63) is 57.1 Å². The molecule has 0 saturated carbocycles. The second-order valence-electron chi connectivity index (χ2n) is 4.34. The molecule has 2 aliphatic rings. The molecule has 96 valence electrons. The third-order valence-corrected chi connectivity index (χ3v) is 4.51. The zero-order valence-corrected chi connectivity index (χ0v) is 11.8. The maximum Gasteiger partial charge on any atom is 0.133 e. The molecule has 0 aromatic heterocycles. The largest absolute Gasteiger partial charge is 0.354 e. The van der Waals surface area contributed by atoms with Gasteiger partial charge in [-0.15, -0.1) is 0 Å². The third kappa shape index (κ3) is 2.20. The van der Waals surface area contributed by atoms with Crippen molar-refractivity contribution in [1.82, 2.24) is 0 Å². The second-order valence-corrected chi connectivity index (χ2v) is 5.91. The Morgan fingerprint density at radius 2 is 2.05 bits per heavy atom. The van der Waals surface area contributed by atoms with Crippen molar-refractivity contribution in [1.29, 1.82) is 10.5 Å². The van der Waals surface area contributed by atoms with Crippen LogP contribution in [0.4, 0.5) is 5.69 Å². The number of thioether (sulfide) groups is 1. The number of rotatable bonds is 0. The molecule has 1 heterocycles. The predicted octanol–water partition coefficient (Wildman–Crippen LogP) is 4.37. The van der Waals surface area contributed by atoms with E-state index in [0.29, 0.717) is 11.4 Å². The van der Waals surface area contributed by atoms with Crippen LogP contribution in [0.2, 0.25) is 5.02 Å². The first-order valence-corrected chi connectivity index (χ1v) is 7.09. The number of fused-ring (bicyclic) bond motifs is 1. The Bertz CT molecular complexity index is 759. The van der Waals surface area contributed by atoms with Gasteiger partial charge in [0.05, 0.1) is 5.69 Å². The Morgan fingerprint density at radius 3 is 2.80 bits per heavy atom. The van der Waals surface area contributed by atoms with E-state index in [-0.39, 0.29) is 5.57 Å². The van der Waals surface area contributed by atoms with Crippen LogP contribution in [0.1, 0.15) is 6.42 Å². The number of hydrogen-bond acceptors (Lipinski definition) is 4. The van der Waals surface area contributed by atoms with Gasteiger partial charge in [-0.1, -0.05) is 29.4 Å². The lowest BCUT2D eigenvalue weighted by Crippen LogP contribution is -2.09. The molecule has 0 saturated heterocycles. The summed E-state index contributed by atoms with van der Waals surface area (Å²) in [5, 5.41) is 21.9. The van der Waals surface area contributed by atoms with Gasteiger partial charge in [-0.25, -0.2) is 0 Å². The van der Waals surface area contributed by atoms with Gasteiger partial charge >= 0.3 is 0 Å². The molecule has 0 atom stereocenters. The van der Waals surface area contributed by atoms with E-state index in [1.54, 1.807) is 11.8 Å². The molecule has 1 N–H and O–H groups in total. The second kappa shape index (κ2) is 5.09. The number of allylic oxidation sites excluding steroid dienone is 5. The van der Waals surface area contributed by atoms with Gasteiger partial charge in [-0.2, -0.15) is 10.5 Å². The SMILES string of the molecule is N#CC(C#N)=C1C=CC2=C(C1)Sc1ccc(Cl)cc1N2. The summed E-state index contributed by atoms with van der Waals surface area (Å²) in [6.07, 6.45) is 4.32. The van der Waals surface area contributed by atoms with Gasteiger partial charge in [0.1, 0.15) is 17.7 Å². The standard InChI is InChI=1S/C15H8ClN3S/c16-11-2-4-14-13(6-11)19-12-3-1-9(5-15(12)20-14)10(7-17)8-18/h1-4,6,19H,5H2. The molecule has 0 unspecified atom stereocenters. The number of nitrogens with zero attached hydrogens (tertiary/aromatic N) is 2. The molecule has 0 spiro atoms. The predicted molar refractivity (Wildman–Crippen MR) is 80.0 cm³/mol. The quantitative estimate of drug-likeness (QED) is 0.722. The van der Waals surface area contributed by atoms with Crippen LogP contribution >= 0.6 is 23.4 Å². The average Bonchev–Trinajstić information content (AvgIpc) is 2.46. The Balaban J connectivity index is 1.96. The van der Waals surface area contributed by atoms with Gasteiger partial charge in [0.2, 0.25) is 0 Å². The van der Waals surface area contributed by atoms with E-state index in [4.69, 9.17) is 22.1 Å². The van der Waals surface area contributed by atoms with Crippen LogP contribution in [0.25, 0.3) is 0 Å². The number of anilines is 1. The van der Waals surface area contributed by atoms with Crippen molar-refractivity contribution in [2.75, 3.05) is 5.32 Å². The van der Waals surface area contributed by atoms with Crippen LogP contribution in [-0.2, 0) is 0 Å². The number of nitrogens with one attached hydrogen (secondary N) is 1. The highest BCUT2D eigenvalue weighted by molar-refractivity contribution is 8.03. The third-order valence-electron chi connectivity index (χ3n) is 3.09. The molecule has 1 aliphatic heterocycles. The maximum absolute atomic E-state index is 8.95. The lowest BCUT2D eigenvalue weighted by Gasteiger charge is -2.25. The fraction of sp³-hybridized carbons (Fsp3) is 0.0667. The Hall–Kier alpha value is -2.14. The Morgan fingerprint density at radius 1 is 1.25 bits per heavy atom. The summed E-state index contributed by atoms with van der Waals surface area (Å²) in [5.74, 6) is 0. The normalized spacial score (nSPS) is 15.7. The van der Waals surface area contributed by atoms with E-state index in [0.717, 1.165) is 26.8 Å². The van der Waals surface area contributed by atoms with Crippen LogP contribution in [0.3, 0.4) is 0 Å². The molecule has 3 rings (SSSR count). The summed E-state index contributed by atoms with van der Waals surface area (Å²) >= 11 is 7.64. The monoisotopic (exact) mass is 297 g/mol. The van der Waals surface area contributed by atoms with Gasteiger partial charge in [0, 0.05) is 26.9 Å². The zero-order valence-electron chi connectivity index (χ0n) is 10.3. The molecule has 0 amide bonds. The summed E-state index contributed by atoms with van der Waals surface area (Å²) in [6, 6.07) is 9.60. The minimum absolute atomic E-state index is 0.176. The molecule has 5 heteroatoms. The first kappa shape index (κ1) is 12.9. The smallest absolute Gasteiger partial charge is 0.133 e. The van der Waals surface area contributed by atoms with Crippen molar-refractivity contribution in [2.45, 2.75) is 11.3 Å². The molecule has 20 heavy (non-hydrogen) atoms. The first-order valence-electron chi connectivity index (χ1n) is 5.90. The Labute approximate surface area is 125 Å². The highest BCUT2D eigenvalue weighted by Crippen LogP contribution is 2.45. The Kier molecular flexibility index (Phi) is 3.28. The van der Waals surface area contributed by atoms with E-state index < -0.39 is 0 Å². The summed E-state index contributed by atoms with van der Waals surface area (Å²) in [5.41, 5.74) is 2.93. The maximum atomic E-state index is 8.95. The van der Waals surface area contributed by atoms with Crippen LogP contribution in [0.15, 0.2) is 57.0 Å². The van der Waals surface area contributed by atoms with Crippen molar-refractivity contribution in [3.63, 3.8) is 0 Å². The zero-order chi connectivity index (χ0) is 14.1. The summed E-state index contributed by atoms with van der Waals surface area (Å²) in [6.45, 7) is 0. The van der Waals surface area contributed by atoms with Crippen LogP contribution < -0.4 is 5.32 Å². The van der Waals surface area contributed by atoms with E-state index in [2.05, 4.69) is 5.32 Å². The molecule has 1 aromatic rings. The fourth-order valence-corrected chi connectivity index (χ4v) is 3.36. The van der Waals surface area contributed by atoms with E-state index in [9.17, 15) is 0 Å². The van der Waals surface area contributed by atoms with E-state index in [1.165, 1.54) is 0 Å². The molecular formula is C15H8ClN3S. The lowest BCUT2D eigenvalue weighted by molar-refractivity contribution is 1.16. The van der Waals surface area contributed by atoms with E-state index >= 15 is 0 Å². The molecular weight excluding hydrogens is 290 g/mol. The van der Waals surface area contributed by atoms with Gasteiger partial charge in [0.15, 0.2) is 0 Å². The van der Waals surface area contributed by atoms with Crippen molar-refractivity contribution < 1.29 is 0 Å². The topological polar surface area (TPSA) is 59.6 Å². The van der Waals surface area contributed by atoms with Gasteiger partial charge < -0.3 is 5.32 Å². The number of halogens is 1. The number of benzene rings is 1. The summed E-state index contributed by atoms with van der Waals surface area (Å²) in [4.78, 5) is 2.21. The molecule has 0 bridgehead atoms. The van der Waals surface area contributed by atoms with Crippen molar-refractivity contribution >= 4 is 29.1 Å². The number of hydrogen-bond donors (Lipinski definition) is 1. The van der Waals surface area contributed by atoms with E-state index in [1.807, 2.05) is 42.5 Å². The molecule has 0 fully saturated rings. The molecule has 1 aliphatic carbocycles. The van der Waals surface area contributed by atoms with Crippen LogP contribution in [-0.4, -0.2) is 0 Å². The van der Waals surface area contributed by atoms with Gasteiger partial charge in [-0.3, -0.25) is 0 Å². The minimum Gasteiger partial charge on any atom is -0.354 e. The molecule has 3 nitrogen and oxygen atoms in total. The highest BCUT2D eigenvalue weighted by atomic mass is 35.5. The van der Waals surface area contributed by atoms with Gasteiger partial charge in [0.25, 0.3) is 0 Å². The first-order chi connectivity index (χ1) is 9.71. The van der Waals surface area contributed by atoms with Gasteiger partial charge in [-0.05, 0) is 29.8 Å². The van der Waals surface area contributed by atoms with Crippen LogP contribution in [0.5, 0.6) is 0 Å². The van der Waals surface area contributed by atoms with Crippen LogP contribution in [0, 0.1) is 22.7 Å². The lowest BCUT2D eigenvalue weighted by atomic mass is 10.0. The fourth-order valence-electron chi connectivity index (χ4n) is 2.11. The van der Waals surface area contributed by atoms with Crippen molar-refractivity contribution in [2.24, 2.45) is 0 Å². The highest BCUT2D eigenvalue weighted by Gasteiger charge is 2.21. The molecule has 1 aromatic carbocycles. The van der Waals surface area contributed by atoms with Crippen molar-refractivity contribution in [3.8, 4) is 12.1 Å². The molecule has 0 radical (unpaired) electrons. The summed E-state index contributed by atoms with van der Waals surface area (Å²) in [7, 11) is 0. The number of nitriles is 2.